The third-order valence-corrected chi connectivity index (χ3v) is 3.27. The maximum absolute atomic E-state index is 10.0. The Kier molecular flexibility index (Phi) is 5.45. The van der Waals surface area contributed by atoms with Crippen LogP contribution in [0.1, 0.15) is 26.7 Å². The number of hydrogen-bond acceptors (Lipinski definition) is 3. The number of nitrogens with zero attached hydrogens (tertiary/aromatic N) is 1. The molecule has 1 fully saturated rings. The van der Waals surface area contributed by atoms with E-state index in [1.807, 2.05) is 0 Å². The van der Waals surface area contributed by atoms with E-state index in [-0.39, 0.29) is 6.10 Å². The van der Waals surface area contributed by atoms with Gasteiger partial charge in [-0.05, 0) is 44.9 Å². The number of likely N-dealkylation sites (N-methyl/N-ethyl adjacent to an activating group) is 1. The van der Waals surface area contributed by atoms with E-state index in [4.69, 9.17) is 0 Å². The van der Waals surface area contributed by atoms with Crippen molar-refractivity contribution in [1.29, 1.82) is 0 Å². The molecule has 2 N–H and O–H groups in total. The summed E-state index contributed by atoms with van der Waals surface area (Å²) in [5.74, 6) is 0.511. The van der Waals surface area contributed by atoms with E-state index in [0.29, 0.717) is 5.92 Å². The van der Waals surface area contributed by atoms with Crippen molar-refractivity contribution in [3.05, 3.63) is 0 Å². The lowest BCUT2D eigenvalue weighted by Gasteiger charge is -2.30. The molecule has 14 heavy (non-hydrogen) atoms. The zero-order valence-corrected chi connectivity index (χ0v) is 9.50. The van der Waals surface area contributed by atoms with Crippen LogP contribution in [-0.2, 0) is 0 Å². The summed E-state index contributed by atoms with van der Waals surface area (Å²) < 4.78 is 0. The van der Waals surface area contributed by atoms with Gasteiger partial charge in [0.25, 0.3) is 0 Å². The fraction of sp³-hybridized carbons (Fsp3) is 1.00. The first-order chi connectivity index (χ1) is 6.77. The summed E-state index contributed by atoms with van der Waals surface area (Å²) in [5.41, 5.74) is 0. The maximum atomic E-state index is 10.0. The summed E-state index contributed by atoms with van der Waals surface area (Å²) in [6.07, 6.45) is 2.13. The smallest absolute Gasteiger partial charge is 0.0696 e. The molecule has 1 heterocycles. The largest absolute Gasteiger partial charge is 0.392 e. The Bertz CT molecular complexity index is 142. The topological polar surface area (TPSA) is 35.5 Å². The van der Waals surface area contributed by atoms with Gasteiger partial charge in [-0.1, -0.05) is 13.8 Å². The van der Waals surface area contributed by atoms with Crippen molar-refractivity contribution in [3.63, 3.8) is 0 Å². The first-order valence-electron chi connectivity index (χ1n) is 5.89. The molecule has 3 heteroatoms. The lowest BCUT2D eigenvalue weighted by atomic mass is 9.92. The molecular weight excluding hydrogens is 176 g/mol. The minimum atomic E-state index is -0.128. The molecule has 1 atom stereocenters. The lowest BCUT2D eigenvalue weighted by molar-refractivity contribution is 0.0536. The predicted molar refractivity (Wildman–Crippen MR) is 59.4 cm³/mol. The minimum Gasteiger partial charge on any atom is -0.392 e. The molecule has 3 nitrogen and oxygen atoms in total. The van der Waals surface area contributed by atoms with E-state index in [0.717, 1.165) is 45.6 Å². The highest BCUT2D eigenvalue weighted by atomic mass is 16.3. The molecule has 84 valence electrons. The Labute approximate surface area is 87.5 Å². The van der Waals surface area contributed by atoms with Gasteiger partial charge in [0, 0.05) is 6.54 Å². The average molecular weight is 200 g/mol. The average Bonchev–Trinajstić information content (AvgIpc) is 2.26. The molecule has 0 radical (unpaired) electrons. The van der Waals surface area contributed by atoms with Crippen LogP contribution in [0.3, 0.4) is 0 Å². The number of aliphatic hydroxyl groups is 1. The van der Waals surface area contributed by atoms with Gasteiger partial charge in [-0.3, -0.25) is 0 Å². The highest BCUT2D eigenvalue weighted by molar-refractivity contribution is 4.77. The molecule has 1 rings (SSSR count). The minimum absolute atomic E-state index is 0.128. The molecule has 0 aromatic heterocycles. The maximum Gasteiger partial charge on any atom is 0.0696 e. The van der Waals surface area contributed by atoms with Crippen molar-refractivity contribution >= 4 is 0 Å². The molecule has 0 spiro atoms. The van der Waals surface area contributed by atoms with Crippen molar-refractivity contribution in [3.8, 4) is 0 Å². The van der Waals surface area contributed by atoms with Gasteiger partial charge in [0.1, 0.15) is 0 Å². The summed E-state index contributed by atoms with van der Waals surface area (Å²) in [6.45, 7) is 9.37. The van der Waals surface area contributed by atoms with Gasteiger partial charge in [-0.25, -0.2) is 0 Å². The van der Waals surface area contributed by atoms with E-state index < -0.39 is 0 Å². The molecule has 0 aromatic carbocycles. The van der Waals surface area contributed by atoms with Crippen molar-refractivity contribution in [2.24, 2.45) is 5.92 Å². The molecule has 1 aliphatic heterocycles. The fourth-order valence-corrected chi connectivity index (χ4v) is 2.12. The van der Waals surface area contributed by atoms with Crippen LogP contribution in [0.4, 0.5) is 0 Å². The molecule has 0 aliphatic carbocycles. The van der Waals surface area contributed by atoms with E-state index in [2.05, 4.69) is 24.1 Å². The van der Waals surface area contributed by atoms with Crippen LogP contribution in [0.25, 0.3) is 0 Å². The van der Waals surface area contributed by atoms with Gasteiger partial charge in [0.2, 0.25) is 0 Å². The Morgan fingerprint density at radius 1 is 1.29 bits per heavy atom. The first kappa shape index (κ1) is 12.0. The van der Waals surface area contributed by atoms with Crippen LogP contribution in [-0.4, -0.2) is 48.8 Å². The van der Waals surface area contributed by atoms with Crippen LogP contribution < -0.4 is 5.32 Å². The molecular formula is C11H24N2O. The number of nitrogens with one attached hydrogen (secondary N) is 1. The number of hydrogen-bond donors (Lipinski definition) is 2. The Hall–Kier alpha value is -0.120. The Balaban J connectivity index is 2.27. The van der Waals surface area contributed by atoms with Crippen LogP contribution in [0.15, 0.2) is 0 Å². The standard InChI is InChI=1S/C11H24N2O/c1-3-13(4-2)9-11(14)10-5-7-12-8-6-10/h10-12,14H,3-9H2,1-2H3. The summed E-state index contributed by atoms with van der Waals surface area (Å²) in [4.78, 5) is 2.30. The van der Waals surface area contributed by atoms with E-state index in [1.165, 1.54) is 0 Å². The van der Waals surface area contributed by atoms with Gasteiger partial charge in [-0.15, -0.1) is 0 Å². The summed E-state index contributed by atoms with van der Waals surface area (Å²) in [6, 6.07) is 0. The van der Waals surface area contributed by atoms with Gasteiger partial charge < -0.3 is 15.3 Å². The van der Waals surface area contributed by atoms with Crippen molar-refractivity contribution in [1.82, 2.24) is 10.2 Å². The Morgan fingerprint density at radius 3 is 2.36 bits per heavy atom. The molecule has 1 saturated heterocycles. The van der Waals surface area contributed by atoms with Crippen LogP contribution in [0, 0.1) is 5.92 Å². The van der Waals surface area contributed by atoms with Gasteiger partial charge >= 0.3 is 0 Å². The second kappa shape index (κ2) is 6.38. The second-order valence-corrected chi connectivity index (χ2v) is 4.14. The number of piperidine rings is 1. The highest BCUT2D eigenvalue weighted by Gasteiger charge is 2.22. The molecule has 0 bridgehead atoms. The van der Waals surface area contributed by atoms with E-state index >= 15 is 0 Å². The SMILES string of the molecule is CCN(CC)CC(O)C1CCNCC1. The zero-order chi connectivity index (χ0) is 10.4. The van der Waals surface area contributed by atoms with Gasteiger partial charge in [-0.2, -0.15) is 0 Å². The van der Waals surface area contributed by atoms with E-state index in [1.54, 1.807) is 0 Å². The molecule has 1 unspecified atom stereocenters. The normalized spacial score (nSPS) is 21.4. The fourth-order valence-electron chi connectivity index (χ4n) is 2.12. The third-order valence-electron chi connectivity index (χ3n) is 3.27. The Morgan fingerprint density at radius 2 is 1.86 bits per heavy atom. The molecule has 1 aliphatic rings. The number of rotatable bonds is 5. The first-order valence-corrected chi connectivity index (χ1v) is 5.89. The lowest BCUT2D eigenvalue weighted by Crippen LogP contribution is -2.40. The second-order valence-electron chi connectivity index (χ2n) is 4.14. The van der Waals surface area contributed by atoms with Gasteiger partial charge in [0.15, 0.2) is 0 Å². The van der Waals surface area contributed by atoms with Crippen molar-refractivity contribution < 1.29 is 5.11 Å². The molecule has 0 saturated carbocycles. The van der Waals surface area contributed by atoms with Crippen molar-refractivity contribution in [2.45, 2.75) is 32.8 Å². The monoisotopic (exact) mass is 200 g/mol. The van der Waals surface area contributed by atoms with Crippen molar-refractivity contribution in [2.75, 3.05) is 32.7 Å². The molecule has 0 aromatic rings. The molecule has 0 amide bonds. The highest BCUT2D eigenvalue weighted by Crippen LogP contribution is 2.16. The summed E-state index contributed by atoms with van der Waals surface area (Å²) >= 11 is 0. The zero-order valence-electron chi connectivity index (χ0n) is 9.50. The quantitative estimate of drug-likeness (QED) is 0.685. The van der Waals surface area contributed by atoms with Crippen LogP contribution >= 0.6 is 0 Å². The number of aliphatic hydroxyl groups excluding tert-OH is 1. The third kappa shape index (κ3) is 3.56. The summed E-state index contributed by atoms with van der Waals surface area (Å²) in [5, 5.41) is 13.4. The van der Waals surface area contributed by atoms with Gasteiger partial charge in [0.05, 0.1) is 6.10 Å². The predicted octanol–water partition coefficient (Wildman–Crippen LogP) is 0.689. The van der Waals surface area contributed by atoms with Crippen LogP contribution in [0.5, 0.6) is 0 Å². The van der Waals surface area contributed by atoms with E-state index in [9.17, 15) is 5.11 Å². The van der Waals surface area contributed by atoms with Crippen LogP contribution in [0.2, 0.25) is 0 Å². The summed E-state index contributed by atoms with van der Waals surface area (Å²) in [7, 11) is 0.